The second-order valence-corrected chi connectivity index (χ2v) is 23.8. The molecular weight excluding hydrogens is 704 g/mol. The fourth-order valence-corrected chi connectivity index (χ4v) is 22.5. The zero-order chi connectivity index (χ0) is 15.1. The normalized spacial score (nSPS) is 13.0. The average molecular weight is 725 g/mol. The molecule has 1 N–H and O–H groups in total. The van der Waals surface area contributed by atoms with Gasteiger partial charge in [0.1, 0.15) is 0 Å². The van der Waals surface area contributed by atoms with Crippen LogP contribution in [0.15, 0.2) is 0 Å². The molecule has 22 heavy (non-hydrogen) atoms. The second kappa shape index (κ2) is 25.6. The van der Waals surface area contributed by atoms with Gasteiger partial charge in [0.2, 0.25) is 0 Å². The van der Waals surface area contributed by atoms with Gasteiger partial charge in [-0.15, -0.1) is 0 Å². The molecule has 4 nitrogen and oxygen atoms in total. The first-order valence-electron chi connectivity index (χ1n) is 6.25. The van der Waals surface area contributed by atoms with E-state index in [2.05, 4.69) is 0 Å². The Balaban J connectivity index is -0.00000180. The molecule has 0 aromatic heterocycles. The van der Waals surface area contributed by atoms with Crippen LogP contribution in [0.25, 0.3) is 0 Å². The summed E-state index contributed by atoms with van der Waals surface area (Å²) in [4.78, 5) is 0. The molecule has 0 bridgehead atoms. The smallest absolute Gasteiger partial charge is 1.00 e. The minimum Gasteiger partial charge on any atom is 1.00 e. The maximum absolute atomic E-state index is 10.5. The molecule has 0 rings (SSSR count). The molecule has 2 unspecified atom stereocenters. The van der Waals surface area contributed by atoms with Crippen LogP contribution in [-0.4, -0.2) is 85.0 Å². The van der Waals surface area contributed by atoms with Crippen molar-refractivity contribution in [3.63, 3.8) is 0 Å². The topological polar surface area (TPSA) is 77.4 Å². The Hall–Kier alpha value is 4.64. The molecule has 122 valence electrons. The molecule has 0 saturated heterocycles. The summed E-state index contributed by atoms with van der Waals surface area (Å²) in [5, 5.41) is 6.36. The van der Waals surface area contributed by atoms with Gasteiger partial charge in [0.05, 0.1) is 0 Å². The van der Waals surface area contributed by atoms with E-state index in [9.17, 15) is 11.9 Å². The Morgan fingerprint density at radius 3 is 1.55 bits per heavy atom. The van der Waals surface area contributed by atoms with Gasteiger partial charge >= 0.3 is 214 Å². The van der Waals surface area contributed by atoms with Crippen LogP contribution in [0.4, 0.5) is 0 Å². The number of hydrogen-bond acceptors (Lipinski definition) is 3. The van der Waals surface area contributed by atoms with E-state index < -0.39 is 28.3 Å². The van der Waals surface area contributed by atoms with Gasteiger partial charge in [0, 0.05) is 0 Å². The maximum atomic E-state index is 10.5. The predicted octanol–water partition coefficient (Wildman–Crippen LogP) is -5.94. The van der Waals surface area contributed by atoms with Crippen LogP contribution >= 0.6 is 0 Å². The van der Waals surface area contributed by atoms with E-state index in [1.165, 1.54) is 21.3 Å². The minimum absolute atomic E-state index is 0. The van der Waals surface area contributed by atoms with Gasteiger partial charge in [-0.1, -0.05) is 0 Å². The van der Waals surface area contributed by atoms with Crippen molar-refractivity contribution in [2.24, 2.45) is 0 Å². The molecule has 0 spiro atoms. The van der Waals surface area contributed by atoms with Crippen molar-refractivity contribution < 1.29 is 75.2 Å². The molecule has 2 atom stereocenters. The monoisotopic (exact) mass is 731 g/mol. The van der Waals surface area contributed by atoms with Gasteiger partial charge in [0.25, 0.3) is 0 Å². The van der Waals surface area contributed by atoms with Crippen molar-refractivity contribution in [1.29, 1.82) is 0 Å². The summed E-state index contributed by atoms with van der Waals surface area (Å²) in [5.41, 5.74) is 0. The molecule has 0 heterocycles. The van der Waals surface area contributed by atoms with Gasteiger partial charge < -0.3 is 0 Å². The van der Waals surface area contributed by atoms with Crippen LogP contribution in [0, 0.1) is 0 Å². The molecule has 0 amide bonds. The Morgan fingerprint density at radius 2 is 1.14 bits per heavy atom. The fraction of sp³-hybridized carbons (Fsp3) is 1.00. The van der Waals surface area contributed by atoms with E-state index in [1.54, 1.807) is 0 Å². The van der Waals surface area contributed by atoms with Crippen LogP contribution in [-0.2, 0) is 7.67 Å². The largest absolute Gasteiger partial charge is 1.00 e. The summed E-state index contributed by atoms with van der Waals surface area (Å²) in [6.45, 7) is 0. The first-order chi connectivity index (χ1) is 9.63. The standard InChI is InChI=1S/C10H22O4Se6.2Na/c11-19(12)9-3-1-5-15-17-7-8-18-16-6-2-4-10-20(13)14;;/h1-10H2,(H,11,12)(H,13,14);;/q;2*+1/p-1. The van der Waals surface area contributed by atoms with Crippen molar-refractivity contribution in [3.05, 3.63) is 0 Å². The van der Waals surface area contributed by atoms with Gasteiger partial charge in [-0.3, -0.25) is 0 Å². The minimum atomic E-state index is -2.66. The van der Waals surface area contributed by atoms with Crippen LogP contribution in [0.5, 0.6) is 0 Å². The SMILES string of the molecule is O=[Se]([O-])CCCC[Se][Se]CC[Se][Se]CCCC[Se](=O)O.[Na+].[Na+]. The van der Waals surface area contributed by atoms with E-state index in [1.807, 2.05) is 0 Å². The summed E-state index contributed by atoms with van der Waals surface area (Å²) < 4.78 is 40.1. The summed E-state index contributed by atoms with van der Waals surface area (Å²) in [6, 6.07) is 0. The van der Waals surface area contributed by atoms with Crippen molar-refractivity contribution in [1.82, 2.24) is 0 Å². The third-order valence-electron chi connectivity index (χ3n) is 2.00. The van der Waals surface area contributed by atoms with Gasteiger partial charge in [-0.25, -0.2) is 0 Å². The molecule has 0 aromatic rings. The first-order valence-corrected chi connectivity index (χ1v) is 25.0. The van der Waals surface area contributed by atoms with Crippen molar-refractivity contribution in [2.75, 3.05) is 0 Å². The number of hydrogen-bond donors (Lipinski definition) is 1. The molecule has 12 heteroatoms. The quantitative estimate of drug-likeness (QED) is 0.135. The van der Waals surface area contributed by atoms with Crippen LogP contribution in [0.2, 0.25) is 31.9 Å². The predicted molar refractivity (Wildman–Crippen MR) is 85.4 cm³/mol. The van der Waals surface area contributed by atoms with E-state index >= 15 is 0 Å². The summed E-state index contributed by atoms with van der Waals surface area (Å²) in [7, 11) is 0. The molecule has 0 fully saturated rings. The Kier molecular flexibility index (Phi) is 36.5. The summed E-state index contributed by atoms with van der Waals surface area (Å²) in [5.74, 6) is 0. The van der Waals surface area contributed by atoms with Gasteiger partial charge in [-0.2, -0.15) is 0 Å². The van der Waals surface area contributed by atoms with E-state index in [0.717, 1.165) is 78.2 Å². The van der Waals surface area contributed by atoms with Crippen LogP contribution < -0.4 is 63.3 Å². The van der Waals surface area contributed by atoms with E-state index in [4.69, 9.17) is 4.19 Å². The van der Waals surface area contributed by atoms with Gasteiger partial charge in [-0.05, 0) is 0 Å². The third kappa shape index (κ3) is 29.4. The molecule has 0 aliphatic rings. The van der Waals surface area contributed by atoms with E-state index in [0.29, 0.717) is 10.6 Å². The zero-order valence-electron chi connectivity index (χ0n) is 13.2. The number of unbranched alkanes of at least 4 members (excludes halogenated alkanes) is 2. The second-order valence-electron chi connectivity index (χ2n) is 3.74. The molecule has 0 aliphatic carbocycles. The molecule has 0 saturated carbocycles. The van der Waals surface area contributed by atoms with Crippen LogP contribution in [0.1, 0.15) is 25.7 Å². The Bertz CT molecular complexity index is 250. The van der Waals surface area contributed by atoms with Crippen LogP contribution in [0.3, 0.4) is 0 Å². The molecule has 0 aliphatic heterocycles. The molecule has 0 aromatic carbocycles. The van der Waals surface area contributed by atoms with Crippen molar-refractivity contribution in [2.45, 2.75) is 57.6 Å². The first kappa shape index (κ1) is 31.3. The number of rotatable bonds is 15. The van der Waals surface area contributed by atoms with Crippen molar-refractivity contribution >= 4 is 80.9 Å². The summed E-state index contributed by atoms with van der Waals surface area (Å²) in [6.07, 6.45) is 4.06. The third-order valence-corrected chi connectivity index (χ3v) is 21.0. The van der Waals surface area contributed by atoms with Crippen molar-refractivity contribution in [3.8, 4) is 0 Å². The summed E-state index contributed by atoms with van der Waals surface area (Å²) >= 11 is -1.83. The Labute approximate surface area is 209 Å². The molecular formula is C10H21Na2O4Se6+. The van der Waals surface area contributed by atoms with E-state index in [-0.39, 0.29) is 59.1 Å². The van der Waals surface area contributed by atoms with Gasteiger partial charge in [0.15, 0.2) is 0 Å². The zero-order valence-corrected chi connectivity index (χ0v) is 27.5. The fourth-order valence-electron chi connectivity index (χ4n) is 1.07. The maximum Gasteiger partial charge on any atom is 1.00 e. The Morgan fingerprint density at radius 1 is 0.727 bits per heavy atom. The molecule has 0 radical (unpaired) electrons. The average Bonchev–Trinajstić information content (AvgIpc) is 2.38.